The third-order valence-electron chi connectivity index (χ3n) is 3.48. The molecule has 0 radical (unpaired) electrons. The summed E-state index contributed by atoms with van der Waals surface area (Å²) in [6, 6.07) is 8.21. The van der Waals surface area contributed by atoms with Gasteiger partial charge in [0.1, 0.15) is 12.2 Å². The van der Waals surface area contributed by atoms with Gasteiger partial charge in [0.25, 0.3) is 5.69 Å². The van der Waals surface area contributed by atoms with Crippen LogP contribution in [0.25, 0.3) is 0 Å². The summed E-state index contributed by atoms with van der Waals surface area (Å²) in [4.78, 5) is 33.6. The standard InChI is InChI=1S/C17H12BrF3N2O5/c18-12-4-1-10(2-5-12)15(24)9-28-16(25)8-22-13-6-3-11(17(19,20)21)7-14(13)23(26)27/h1-7,22H,8-9H2. The van der Waals surface area contributed by atoms with Crippen molar-refractivity contribution in [2.24, 2.45) is 0 Å². The van der Waals surface area contributed by atoms with Gasteiger partial charge in [-0.05, 0) is 24.3 Å². The van der Waals surface area contributed by atoms with Gasteiger partial charge in [0.05, 0.1) is 10.5 Å². The maximum absolute atomic E-state index is 12.7. The number of ketones is 1. The van der Waals surface area contributed by atoms with Gasteiger partial charge >= 0.3 is 12.1 Å². The van der Waals surface area contributed by atoms with Crippen LogP contribution in [0.15, 0.2) is 46.9 Å². The van der Waals surface area contributed by atoms with Crippen molar-refractivity contribution < 1.29 is 32.4 Å². The van der Waals surface area contributed by atoms with Crippen LogP contribution < -0.4 is 5.32 Å². The largest absolute Gasteiger partial charge is 0.456 e. The van der Waals surface area contributed by atoms with Gasteiger partial charge in [-0.2, -0.15) is 13.2 Å². The summed E-state index contributed by atoms with van der Waals surface area (Å²) in [5.41, 5.74) is -1.99. The van der Waals surface area contributed by atoms with Gasteiger partial charge in [-0.3, -0.25) is 19.7 Å². The molecule has 0 fully saturated rings. The van der Waals surface area contributed by atoms with Crippen LogP contribution in [0.5, 0.6) is 0 Å². The van der Waals surface area contributed by atoms with Crippen LogP contribution in [0.3, 0.4) is 0 Å². The number of rotatable bonds is 7. The lowest BCUT2D eigenvalue weighted by Crippen LogP contribution is -2.21. The highest BCUT2D eigenvalue weighted by atomic mass is 79.9. The zero-order valence-corrected chi connectivity index (χ0v) is 15.5. The first-order valence-electron chi connectivity index (χ1n) is 7.62. The molecule has 0 heterocycles. The summed E-state index contributed by atoms with van der Waals surface area (Å²) in [6.45, 7) is -1.11. The van der Waals surface area contributed by atoms with E-state index < -0.39 is 47.3 Å². The summed E-state index contributed by atoms with van der Waals surface area (Å²) in [5, 5.41) is 13.3. The van der Waals surface area contributed by atoms with Crippen molar-refractivity contribution in [1.29, 1.82) is 0 Å². The number of nitrogens with zero attached hydrogens (tertiary/aromatic N) is 1. The zero-order valence-electron chi connectivity index (χ0n) is 14.0. The maximum atomic E-state index is 12.7. The summed E-state index contributed by atoms with van der Waals surface area (Å²) in [7, 11) is 0. The maximum Gasteiger partial charge on any atom is 0.416 e. The normalized spacial score (nSPS) is 11.0. The number of nitrogens with one attached hydrogen (secondary N) is 1. The highest BCUT2D eigenvalue weighted by molar-refractivity contribution is 9.10. The van der Waals surface area contributed by atoms with Crippen LogP contribution in [-0.2, 0) is 15.7 Å². The molecule has 0 amide bonds. The van der Waals surface area contributed by atoms with Crippen LogP contribution in [0, 0.1) is 10.1 Å². The van der Waals surface area contributed by atoms with Crippen LogP contribution in [0.1, 0.15) is 15.9 Å². The minimum absolute atomic E-state index is 0.283. The van der Waals surface area contributed by atoms with Crippen LogP contribution in [0.4, 0.5) is 24.5 Å². The SMILES string of the molecule is O=C(CNc1ccc(C(F)(F)F)cc1[N+](=O)[O-])OCC(=O)c1ccc(Br)cc1. The monoisotopic (exact) mass is 460 g/mol. The lowest BCUT2D eigenvalue weighted by molar-refractivity contribution is -0.384. The van der Waals surface area contributed by atoms with Crippen LogP contribution in [0.2, 0.25) is 0 Å². The van der Waals surface area contributed by atoms with Crippen molar-refractivity contribution in [2.45, 2.75) is 6.18 Å². The van der Waals surface area contributed by atoms with Crippen molar-refractivity contribution in [1.82, 2.24) is 0 Å². The van der Waals surface area contributed by atoms with Crippen molar-refractivity contribution >= 4 is 39.1 Å². The topological polar surface area (TPSA) is 98.5 Å². The van der Waals surface area contributed by atoms with E-state index in [1.807, 2.05) is 0 Å². The fraction of sp³-hybridized carbons (Fsp3) is 0.176. The molecule has 0 aliphatic rings. The minimum atomic E-state index is -4.74. The lowest BCUT2D eigenvalue weighted by Gasteiger charge is -2.10. The van der Waals surface area contributed by atoms with Gasteiger partial charge in [0.15, 0.2) is 12.4 Å². The number of esters is 1. The molecular formula is C17H12BrF3N2O5. The second-order valence-corrected chi connectivity index (χ2v) is 6.35. The van der Waals surface area contributed by atoms with E-state index in [1.54, 1.807) is 12.1 Å². The smallest absolute Gasteiger partial charge is 0.416 e. The van der Waals surface area contributed by atoms with Crippen LogP contribution in [-0.4, -0.2) is 29.8 Å². The average Bonchev–Trinajstić information content (AvgIpc) is 2.64. The number of alkyl halides is 3. The Morgan fingerprint density at radius 1 is 1.14 bits per heavy atom. The van der Waals surface area contributed by atoms with E-state index in [1.165, 1.54) is 12.1 Å². The summed E-state index contributed by atoms with van der Waals surface area (Å²) < 4.78 is 43.5. The second-order valence-electron chi connectivity index (χ2n) is 5.43. The van der Waals surface area contributed by atoms with E-state index in [4.69, 9.17) is 4.74 Å². The van der Waals surface area contributed by atoms with Gasteiger partial charge < -0.3 is 10.1 Å². The first-order valence-corrected chi connectivity index (χ1v) is 8.41. The van der Waals surface area contributed by atoms with E-state index in [2.05, 4.69) is 21.2 Å². The fourth-order valence-corrected chi connectivity index (χ4v) is 2.36. The Bertz CT molecular complexity index is 901. The van der Waals surface area contributed by atoms with Crippen molar-refractivity contribution in [3.8, 4) is 0 Å². The quantitative estimate of drug-likeness (QED) is 0.287. The molecule has 0 spiro atoms. The van der Waals surface area contributed by atoms with Gasteiger partial charge in [-0.15, -0.1) is 0 Å². The highest BCUT2D eigenvalue weighted by Gasteiger charge is 2.33. The van der Waals surface area contributed by atoms with E-state index >= 15 is 0 Å². The summed E-state index contributed by atoms with van der Waals surface area (Å²) in [5.74, 6) is -1.36. The summed E-state index contributed by atoms with van der Waals surface area (Å²) in [6.07, 6.45) is -4.74. The van der Waals surface area contributed by atoms with Gasteiger partial charge in [0.2, 0.25) is 0 Å². The Morgan fingerprint density at radius 2 is 1.79 bits per heavy atom. The number of nitro benzene ring substituents is 1. The Hall–Kier alpha value is -2.95. The molecule has 148 valence electrons. The molecule has 1 N–H and O–H groups in total. The van der Waals surface area contributed by atoms with E-state index in [-0.39, 0.29) is 5.69 Å². The molecule has 0 unspecified atom stereocenters. The molecule has 11 heteroatoms. The molecular weight excluding hydrogens is 449 g/mol. The first-order chi connectivity index (χ1) is 13.1. The van der Waals surface area contributed by atoms with E-state index in [0.717, 1.165) is 10.5 Å². The predicted molar refractivity (Wildman–Crippen MR) is 96.0 cm³/mol. The lowest BCUT2D eigenvalue weighted by atomic mass is 10.1. The molecule has 7 nitrogen and oxygen atoms in total. The number of benzene rings is 2. The number of carbonyl (C=O) groups is 2. The average molecular weight is 461 g/mol. The zero-order chi connectivity index (χ0) is 20.9. The molecule has 28 heavy (non-hydrogen) atoms. The number of carbonyl (C=O) groups excluding carboxylic acids is 2. The Labute approximate surface area is 164 Å². The molecule has 0 aliphatic heterocycles. The Morgan fingerprint density at radius 3 is 2.36 bits per heavy atom. The third-order valence-corrected chi connectivity index (χ3v) is 4.00. The van der Waals surface area contributed by atoms with Crippen molar-refractivity contribution in [2.75, 3.05) is 18.5 Å². The Kier molecular flexibility index (Phi) is 6.73. The van der Waals surface area contributed by atoms with E-state index in [0.29, 0.717) is 17.7 Å². The molecule has 2 rings (SSSR count). The molecule has 2 aromatic rings. The van der Waals surface area contributed by atoms with Crippen LogP contribution >= 0.6 is 15.9 Å². The highest BCUT2D eigenvalue weighted by Crippen LogP contribution is 2.34. The molecule has 0 aliphatic carbocycles. The predicted octanol–water partition coefficient (Wildman–Crippen LogP) is 4.21. The molecule has 0 aromatic heterocycles. The van der Waals surface area contributed by atoms with Crippen molar-refractivity contribution in [3.05, 3.63) is 68.2 Å². The van der Waals surface area contributed by atoms with Gasteiger partial charge in [0, 0.05) is 16.1 Å². The number of hydrogen-bond acceptors (Lipinski definition) is 6. The third kappa shape index (κ3) is 5.78. The molecule has 2 aromatic carbocycles. The number of anilines is 1. The number of ether oxygens (including phenoxy) is 1. The molecule has 0 saturated heterocycles. The molecule has 0 atom stereocenters. The fourth-order valence-electron chi connectivity index (χ4n) is 2.09. The first kappa shape index (κ1) is 21.4. The number of hydrogen-bond donors (Lipinski definition) is 1. The second kappa shape index (κ2) is 8.83. The van der Waals surface area contributed by atoms with Gasteiger partial charge in [-0.1, -0.05) is 28.1 Å². The number of halogens is 4. The number of Topliss-reactive ketones (excluding diaryl/α,β-unsaturated/α-hetero) is 1. The number of nitro groups is 1. The summed E-state index contributed by atoms with van der Waals surface area (Å²) >= 11 is 3.22. The van der Waals surface area contributed by atoms with Crippen molar-refractivity contribution in [3.63, 3.8) is 0 Å². The van der Waals surface area contributed by atoms with E-state index in [9.17, 15) is 32.9 Å². The molecule has 0 bridgehead atoms. The minimum Gasteiger partial charge on any atom is -0.456 e. The molecule has 0 saturated carbocycles. The van der Waals surface area contributed by atoms with Gasteiger partial charge in [-0.25, -0.2) is 0 Å². The Balaban J connectivity index is 1.96.